The Morgan fingerprint density at radius 1 is 0.783 bits per heavy atom. The van der Waals surface area contributed by atoms with E-state index in [1.165, 1.54) is 16.7 Å². The molecule has 0 saturated carbocycles. The first kappa shape index (κ1) is 15.2. The molecular weight excluding hydrogens is 282 g/mol. The van der Waals surface area contributed by atoms with Crippen molar-refractivity contribution >= 4 is 6.29 Å². The van der Waals surface area contributed by atoms with Crippen LogP contribution in [0.5, 0.6) is 0 Å². The number of aldehydes is 1. The van der Waals surface area contributed by atoms with Crippen molar-refractivity contribution in [3.05, 3.63) is 101 Å². The molecule has 0 radical (unpaired) electrons. The molecule has 114 valence electrons. The van der Waals surface area contributed by atoms with Gasteiger partial charge in [-0.2, -0.15) is 0 Å². The molecule has 3 rings (SSSR count). The number of hydrogen-bond acceptors (Lipinski definition) is 2. The lowest BCUT2D eigenvalue weighted by atomic mass is 9.71. The van der Waals surface area contributed by atoms with E-state index in [2.05, 4.69) is 43.1 Å². The van der Waals surface area contributed by atoms with Gasteiger partial charge in [0.15, 0.2) is 0 Å². The summed E-state index contributed by atoms with van der Waals surface area (Å²) in [6.07, 6.45) is 4.52. The van der Waals surface area contributed by atoms with Crippen LogP contribution in [0.3, 0.4) is 0 Å². The van der Waals surface area contributed by atoms with Crippen molar-refractivity contribution in [1.29, 1.82) is 0 Å². The van der Waals surface area contributed by atoms with Gasteiger partial charge in [-0.15, -0.1) is 0 Å². The number of nitrogens with zero attached hydrogens (tertiary/aromatic N) is 1. The first-order chi connectivity index (χ1) is 11.1. The summed E-state index contributed by atoms with van der Waals surface area (Å²) in [5.74, 6) is 0. The van der Waals surface area contributed by atoms with Crippen molar-refractivity contribution in [2.24, 2.45) is 0 Å². The van der Waals surface area contributed by atoms with Gasteiger partial charge < -0.3 is 0 Å². The number of rotatable bonds is 4. The maximum Gasteiger partial charge on any atom is 0.150 e. The van der Waals surface area contributed by atoms with Crippen molar-refractivity contribution in [2.75, 3.05) is 0 Å². The lowest BCUT2D eigenvalue weighted by Crippen LogP contribution is -2.25. The third kappa shape index (κ3) is 2.80. The molecule has 0 aliphatic heterocycles. The molecule has 1 heterocycles. The second kappa shape index (κ2) is 6.17. The summed E-state index contributed by atoms with van der Waals surface area (Å²) < 4.78 is 0. The third-order valence-corrected chi connectivity index (χ3v) is 4.51. The van der Waals surface area contributed by atoms with Gasteiger partial charge in [-0.05, 0) is 42.7 Å². The zero-order valence-electron chi connectivity index (χ0n) is 13.4. The fourth-order valence-corrected chi connectivity index (χ4v) is 2.97. The van der Waals surface area contributed by atoms with Crippen molar-refractivity contribution in [3.8, 4) is 0 Å². The van der Waals surface area contributed by atoms with Gasteiger partial charge in [-0.1, -0.05) is 54.1 Å². The summed E-state index contributed by atoms with van der Waals surface area (Å²) >= 11 is 0. The smallest absolute Gasteiger partial charge is 0.150 e. The standard InChI is InChI=1S/C21H19NO/c1-16-3-7-18(8-4-16)21(2,20-11-13-22-14-12-20)19-9-5-17(15-23)6-10-19/h3-15H,1-2H3. The van der Waals surface area contributed by atoms with Crippen LogP contribution >= 0.6 is 0 Å². The van der Waals surface area contributed by atoms with Crippen molar-refractivity contribution < 1.29 is 4.79 Å². The highest BCUT2D eigenvalue weighted by molar-refractivity contribution is 5.74. The lowest BCUT2D eigenvalue weighted by molar-refractivity contribution is 0.112. The Bertz CT molecular complexity index is 792. The summed E-state index contributed by atoms with van der Waals surface area (Å²) in [7, 11) is 0. The number of hydrogen-bond donors (Lipinski definition) is 0. The summed E-state index contributed by atoms with van der Waals surface area (Å²) in [5.41, 5.74) is 5.18. The zero-order valence-corrected chi connectivity index (χ0v) is 13.4. The molecule has 1 aromatic heterocycles. The number of pyridine rings is 1. The molecule has 2 aromatic carbocycles. The Labute approximate surface area is 136 Å². The van der Waals surface area contributed by atoms with E-state index in [-0.39, 0.29) is 5.41 Å². The van der Waals surface area contributed by atoms with Gasteiger partial charge in [0.25, 0.3) is 0 Å². The maximum atomic E-state index is 10.9. The Morgan fingerprint density at radius 3 is 1.78 bits per heavy atom. The molecule has 0 spiro atoms. The van der Waals surface area contributed by atoms with Gasteiger partial charge >= 0.3 is 0 Å². The van der Waals surface area contributed by atoms with Crippen LogP contribution in [-0.4, -0.2) is 11.3 Å². The number of benzene rings is 2. The van der Waals surface area contributed by atoms with Crippen molar-refractivity contribution in [2.45, 2.75) is 19.3 Å². The van der Waals surface area contributed by atoms with Crippen LogP contribution in [0.25, 0.3) is 0 Å². The van der Waals surface area contributed by atoms with E-state index >= 15 is 0 Å². The maximum absolute atomic E-state index is 10.9. The minimum Gasteiger partial charge on any atom is -0.298 e. The van der Waals surface area contributed by atoms with Gasteiger partial charge in [-0.3, -0.25) is 9.78 Å². The van der Waals surface area contributed by atoms with Gasteiger partial charge in [0.2, 0.25) is 0 Å². The van der Waals surface area contributed by atoms with E-state index < -0.39 is 0 Å². The molecule has 1 atom stereocenters. The normalized spacial score (nSPS) is 13.3. The van der Waals surface area contributed by atoms with Crippen LogP contribution in [0.4, 0.5) is 0 Å². The molecule has 0 bridgehead atoms. The predicted molar refractivity (Wildman–Crippen MR) is 92.8 cm³/mol. The SMILES string of the molecule is Cc1ccc(C(C)(c2ccncc2)c2ccc(C=O)cc2)cc1. The van der Waals surface area contributed by atoms with Gasteiger partial charge in [0.05, 0.1) is 0 Å². The summed E-state index contributed by atoms with van der Waals surface area (Å²) in [4.78, 5) is 15.1. The van der Waals surface area contributed by atoms with E-state index in [0.717, 1.165) is 11.8 Å². The number of aryl methyl sites for hydroxylation is 1. The predicted octanol–water partition coefficient (Wildman–Crippen LogP) is 4.56. The molecule has 2 nitrogen and oxygen atoms in total. The first-order valence-electron chi connectivity index (χ1n) is 7.68. The molecule has 0 aliphatic rings. The molecule has 0 fully saturated rings. The molecular formula is C21H19NO. The number of carbonyl (C=O) groups is 1. The Hall–Kier alpha value is -2.74. The van der Waals surface area contributed by atoms with E-state index in [4.69, 9.17) is 0 Å². The molecule has 0 N–H and O–H groups in total. The second-order valence-electron chi connectivity index (χ2n) is 5.97. The minimum absolute atomic E-state index is 0.294. The van der Waals surface area contributed by atoms with E-state index in [9.17, 15) is 4.79 Å². The molecule has 0 amide bonds. The van der Waals surface area contributed by atoms with Gasteiger partial charge in [0, 0.05) is 23.4 Å². The molecule has 23 heavy (non-hydrogen) atoms. The fourth-order valence-electron chi connectivity index (χ4n) is 2.97. The first-order valence-corrected chi connectivity index (χ1v) is 7.68. The minimum atomic E-state index is -0.294. The monoisotopic (exact) mass is 301 g/mol. The van der Waals surface area contributed by atoms with Crippen LogP contribution in [0.15, 0.2) is 73.1 Å². The van der Waals surface area contributed by atoms with Crippen molar-refractivity contribution in [1.82, 2.24) is 4.98 Å². The molecule has 0 saturated heterocycles. The van der Waals surface area contributed by atoms with Crippen molar-refractivity contribution in [3.63, 3.8) is 0 Å². The Kier molecular flexibility index (Phi) is 4.07. The lowest BCUT2D eigenvalue weighted by Gasteiger charge is -2.32. The summed E-state index contributed by atoms with van der Waals surface area (Å²) in [6, 6.07) is 20.5. The average molecular weight is 301 g/mol. The molecule has 1 unspecified atom stereocenters. The number of carbonyl (C=O) groups excluding carboxylic acids is 1. The van der Waals surface area contributed by atoms with E-state index in [1.807, 2.05) is 48.8 Å². The second-order valence-corrected chi connectivity index (χ2v) is 5.97. The summed E-state index contributed by atoms with van der Waals surface area (Å²) in [5, 5.41) is 0. The third-order valence-electron chi connectivity index (χ3n) is 4.51. The van der Waals surface area contributed by atoms with Crippen LogP contribution in [0.2, 0.25) is 0 Å². The average Bonchev–Trinajstić information content (AvgIpc) is 2.62. The highest BCUT2D eigenvalue weighted by Gasteiger charge is 2.30. The highest BCUT2D eigenvalue weighted by atomic mass is 16.1. The molecule has 3 aromatic rings. The van der Waals surface area contributed by atoms with Crippen LogP contribution in [0, 0.1) is 6.92 Å². The molecule has 2 heteroatoms. The highest BCUT2D eigenvalue weighted by Crippen LogP contribution is 2.38. The van der Waals surface area contributed by atoms with Crippen LogP contribution in [-0.2, 0) is 5.41 Å². The Morgan fingerprint density at radius 2 is 1.26 bits per heavy atom. The molecule has 0 aliphatic carbocycles. The Balaban J connectivity index is 2.20. The largest absolute Gasteiger partial charge is 0.298 e. The van der Waals surface area contributed by atoms with Gasteiger partial charge in [0.1, 0.15) is 6.29 Å². The van der Waals surface area contributed by atoms with Crippen LogP contribution < -0.4 is 0 Å². The topological polar surface area (TPSA) is 30.0 Å². The van der Waals surface area contributed by atoms with E-state index in [0.29, 0.717) is 5.56 Å². The number of aromatic nitrogens is 1. The zero-order chi connectivity index (χ0) is 16.3. The van der Waals surface area contributed by atoms with Gasteiger partial charge in [-0.25, -0.2) is 0 Å². The van der Waals surface area contributed by atoms with E-state index in [1.54, 1.807) is 0 Å². The quantitative estimate of drug-likeness (QED) is 0.661. The summed E-state index contributed by atoms with van der Waals surface area (Å²) in [6.45, 7) is 4.30. The van der Waals surface area contributed by atoms with Crippen LogP contribution in [0.1, 0.15) is 39.5 Å². The fraction of sp³-hybridized carbons (Fsp3) is 0.143.